The average Bonchev–Trinajstić information content (AvgIpc) is 2.76. The molecule has 0 fully saturated rings. The number of nitrogen functional groups attached to an aromatic ring is 1. The van der Waals surface area contributed by atoms with Crippen LogP contribution >= 0.6 is 11.3 Å². The zero-order valence-corrected chi connectivity index (χ0v) is 12.5. The van der Waals surface area contributed by atoms with Gasteiger partial charge in [-0.15, -0.1) is 0 Å². The SMILES string of the molecule is CN(CCCCCO)C(=O)c1sc(N(C)C)nc1N. The van der Waals surface area contributed by atoms with Gasteiger partial charge in [0, 0.05) is 34.3 Å². The number of anilines is 2. The summed E-state index contributed by atoms with van der Waals surface area (Å²) in [6.07, 6.45) is 2.56. The van der Waals surface area contributed by atoms with E-state index >= 15 is 0 Å². The van der Waals surface area contributed by atoms with Crippen LogP contribution in [0.3, 0.4) is 0 Å². The molecule has 1 aromatic heterocycles. The summed E-state index contributed by atoms with van der Waals surface area (Å²) in [7, 11) is 5.49. The van der Waals surface area contributed by atoms with E-state index in [1.807, 2.05) is 19.0 Å². The number of thiazole rings is 1. The van der Waals surface area contributed by atoms with Gasteiger partial charge < -0.3 is 20.6 Å². The van der Waals surface area contributed by atoms with E-state index < -0.39 is 0 Å². The van der Waals surface area contributed by atoms with Gasteiger partial charge in [0.2, 0.25) is 0 Å². The van der Waals surface area contributed by atoms with Crippen LogP contribution in [0.5, 0.6) is 0 Å². The minimum absolute atomic E-state index is 0.0906. The van der Waals surface area contributed by atoms with Gasteiger partial charge in [0.05, 0.1) is 0 Å². The minimum atomic E-state index is -0.0906. The number of carbonyl (C=O) groups is 1. The van der Waals surface area contributed by atoms with E-state index in [4.69, 9.17) is 10.8 Å². The summed E-state index contributed by atoms with van der Waals surface area (Å²) in [4.78, 5) is 20.4. The van der Waals surface area contributed by atoms with Crippen molar-refractivity contribution >= 4 is 28.2 Å². The fraction of sp³-hybridized carbons (Fsp3) is 0.667. The predicted molar refractivity (Wildman–Crippen MR) is 78.8 cm³/mol. The van der Waals surface area contributed by atoms with E-state index in [1.165, 1.54) is 11.3 Å². The fourth-order valence-corrected chi connectivity index (χ4v) is 2.48. The average molecular weight is 286 g/mol. The van der Waals surface area contributed by atoms with Crippen molar-refractivity contribution in [2.24, 2.45) is 0 Å². The smallest absolute Gasteiger partial charge is 0.267 e. The number of unbranched alkanes of at least 4 members (excludes halogenated alkanes) is 2. The lowest BCUT2D eigenvalue weighted by Crippen LogP contribution is -2.27. The number of nitrogens with zero attached hydrogens (tertiary/aromatic N) is 3. The van der Waals surface area contributed by atoms with Gasteiger partial charge in [0.15, 0.2) is 5.13 Å². The van der Waals surface area contributed by atoms with E-state index in [1.54, 1.807) is 11.9 Å². The summed E-state index contributed by atoms with van der Waals surface area (Å²) >= 11 is 1.31. The maximum atomic E-state index is 12.2. The van der Waals surface area contributed by atoms with Crippen molar-refractivity contribution in [2.75, 3.05) is 44.9 Å². The van der Waals surface area contributed by atoms with Gasteiger partial charge in [-0.05, 0) is 19.3 Å². The first-order chi connectivity index (χ1) is 8.97. The fourth-order valence-electron chi connectivity index (χ4n) is 1.58. The highest BCUT2D eigenvalue weighted by Crippen LogP contribution is 2.27. The van der Waals surface area contributed by atoms with E-state index in [2.05, 4.69) is 4.98 Å². The molecule has 1 rings (SSSR count). The molecule has 7 heteroatoms. The molecule has 1 aromatic rings. The third-order valence-corrected chi connectivity index (χ3v) is 3.94. The molecule has 0 spiro atoms. The Bertz CT molecular complexity index is 420. The molecule has 108 valence electrons. The Balaban J connectivity index is 2.61. The van der Waals surface area contributed by atoms with Gasteiger partial charge >= 0.3 is 0 Å². The highest BCUT2D eigenvalue weighted by atomic mass is 32.1. The topological polar surface area (TPSA) is 82.7 Å². The lowest BCUT2D eigenvalue weighted by atomic mass is 10.2. The van der Waals surface area contributed by atoms with Crippen molar-refractivity contribution in [1.82, 2.24) is 9.88 Å². The lowest BCUT2D eigenvalue weighted by Gasteiger charge is -2.16. The molecule has 19 heavy (non-hydrogen) atoms. The molecule has 0 aliphatic heterocycles. The molecule has 0 aliphatic rings. The number of nitrogens with two attached hydrogens (primary N) is 1. The number of aromatic nitrogens is 1. The number of aliphatic hydroxyl groups excluding tert-OH is 1. The first-order valence-electron chi connectivity index (χ1n) is 6.27. The maximum Gasteiger partial charge on any atom is 0.267 e. The second-order valence-corrected chi connectivity index (χ2v) is 5.59. The van der Waals surface area contributed by atoms with E-state index in [-0.39, 0.29) is 12.5 Å². The van der Waals surface area contributed by atoms with Crippen molar-refractivity contribution in [3.8, 4) is 0 Å². The molecule has 0 aliphatic carbocycles. The predicted octanol–water partition coefficient (Wildman–Crippen LogP) is 1.03. The normalized spacial score (nSPS) is 10.5. The van der Waals surface area contributed by atoms with Gasteiger partial charge in [-0.2, -0.15) is 0 Å². The number of hydrogen-bond donors (Lipinski definition) is 2. The molecule has 0 radical (unpaired) electrons. The molecule has 0 unspecified atom stereocenters. The molecule has 1 heterocycles. The highest BCUT2D eigenvalue weighted by molar-refractivity contribution is 7.18. The molecule has 0 aromatic carbocycles. The van der Waals surface area contributed by atoms with Crippen LogP contribution < -0.4 is 10.6 Å². The van der Waals surface area contributed by atoms with Gasteiger partial charge in [-0.1, -0.05) is 11.3 Å². The first kappa shape index (κ1) is 15.7. The molecule has 1 amide bonds. The Morgan fingerprint density at radius 3 is 2.53 bits per heavy atom. The molecule has 0 atom stereocenters. The zero-order valence-electron chi connectivity index (χ0n) is 11.7. The standard InChI is InChI=1S/C12H22N4O2S/c1-15(2)12-14-10(13)9(19-12)11(18)16(3)7-5-4-6-8-17/h17H,4-8,13H2,1-3H3. The van der Waals surface area contributed by atoms with Crippen LogP contribution in [0.25, 0.3) is 0 Å². The molecular formula is C12H22N4O2S. The van der Waals surface area contributed by atoms with Gasteiger partial charge in [-0.3, -0.25) is 4.79 Å². The summed E-state index contributed by atoms with van der Waals surface area (Å²) in [6.45, 7) is 0.860. The minimum Gasteiger partial charge on any atom is -0.396 e. The van der Waals surface area contributed by atoms with Crippen LogP contribution in [-0.4, -0.2) is 55.2 Å². The van der Waals surface area contributed by atoms with Crippen molar-refractivity contribution in [2.45, 2.75) is 19.3 Å². The van der Waals surface area contributed by atoms with Crippen molar-refractivity contribution in [3.63, 3.8) is 0 Å². The Labute approximate surface area is 117 Å². The second-order valence-electron chi connectivity index (χ2n) is 4.62. The van der Waals surface area contributed by atoms with Crippen LogP contribution in [0.2, 0.25) is 0 Å². The number of amides is 1. The van der Waals surface area contributed by atoms with E-state index in [0.717, 1.165) is 24.4 Å². The Morgan fingerprint density at radius 2 is 2.00 bits per heavy atom. The van der Waals surface area contributed by atoms with Crippen molar-refractivity contribution in [3.05, 3.63) is 4.88 Å². The maximum absolute atomic E-state index is 12.2. The number of hydrogen-bond acceptors (Lipinski definition) is 6. The molecule has 0 saturated carbocycles. The zero-order chi connectivity index (χ0) is 14.4. The third-order valence-electron chi connectivity index (χ3n) is 2.72. The molecule has 0 saturated heterocycles. The molecule has 3 N–H and O–H groups in total. The van der Waals surface area contributed by atoms with Gasteiger partial charge in [0.1, 0.15) is 10.7 Å². The summed E-state index contributed by atoms with van der Waals surface area (Å²) in [5.74, 6) is 0.202. The molecular weight excluding hydrogens is 264 g/mol. The van der Waals surface area contributed by atoms with Crippen LogP contribution in [0.15, 0.2) is 0 Å². The highest BCUT2D eigenvalue weighted by Gasteiger charge is 2.20. The van der Waals surface area contributed by atoms with Crippen molar-refractivity contribution < 1.29 is 9.90 Å². The van der Waals surface area contributed by atoms with Gasteiger partial charge in [0.25, 0.3) is 5.91 Å². The van der Waals surface area contributed by atoms with Crippen molar-refractivity contribution in [1.29, 1.82) is 0 Å². The number of rotatable bonds is 7. The van der Waals surface area contributed by atoms with Crippen LogP contribution in [0.1, 0.15) is 28.9 Å². The Kier molecular flexibility index (Phi) is 6.04. The van der Waals surface area contributed by atoms with Crippen LogP contribution in [0, 0.1) is 0 Å². The number of carbonyl (C=O) groups excluding carboxylic acids is 1. The quantitative estimate of drug-likeness (QED) is 0.731. The third kappa shape index (κ3) is 4.36. The second kappa shape index (κ2) is 7.30. The Hall–Kier alpha value is -1.34. The summed E-state index contributed by atoms with van der Waals surface area (Å²) in [6, 6.07) is 0. The summed E-state index contributed by atoms with van der Waals surface area (Å²) < 4.78 is 0. The Morgan fingerprint density at radius 1 is 1.32 bits per heavy atom. The van der Waals surface area contributed by atoms with Crippen LogP contribution in [0.4, 0.5) is 10.9 Å². The molecule has 6 nitrogen and oxygen atoms in total. The van der Waals surface area contributed by atoms with Crippen LogP contribution in [-0.2, 0) is 0 Å². The number of aliphatic hydroxyl groups is 1. The summed E-state index contributed by atoms with van der Waals surface area (Å²) in [5, 5.41) is 9.43. The monoisotopic (exact) mass is 286 g/mol. The van der Waals surface area contributed by atoms with Gasteiger partial charge in [-0.25, -0.2) is 4.98 Å². The first-order valence-corrected chi connectivity index (χ1v) is 7.09. The van der Waals surface area contributed by atoms with E-state index in [9.17, 15) is 4.79 Å². The van der Waals surface area contributed by atoms with E-state index in [0.29, 0.717) is 17.2 Å². The lowest BCUT2D eigenvalue weighted by molar-refractivity contribution is 0.0797. The summed E-state index contributed by atoms with van der Waals surface area (Å²) in [5.41, 5.74) is 5.79. The molecule has 0 bridgehead atoms. The largest absolute Gasteiger partial charge is 0.396 e.